The van der Waals surface area contributed by atoms with E-state index >= 15 is 0 Å². The molecule has 4 nitrogen and oxygen atoms in total. The van der Waals surface area contributed by atoms with Crippen LogP contribution in [0.2, 0.25) is 0 Å². The van der Waals surface area contributed by atoms with Gasteiger partial charge in [-0.3, -0.25) is 0 Å². The Morgan fingerprint density at radius 2 is 1.95 bits per heavy atom. The van der Waals surface area contributed by atoms with Crippen molar-refractivity contribution in [3.8, 4) is 5.75 Å². The molecule has 114 valence electrons. The second-order valence-electron chi connectivity index (χ2n) is 4.77. The molecule has 0 aliphatic rings. The molecule has 1 N–H and O–H groups in total. The first-order chi connectivity index (χ1) is 9.72. The van der Waals surface area contributed by atoms with E-state index in [0.717, 1.165) is 32.1 Å². The van der Waals surface area contributed by atoms with Gasteiger partial charge in [0, 0.05) is 31.3 Å². The molecule has 0 aliphatic carbocycles. The zero-order chi connectivity index (χ0) is 14.8. The SMILES string of the molecule is CCOCCN(C)CC(NC)c1ccccc1OCC. The lowest BCUT2D eigenvalue weighted by atomic mass is 10.1. The van der Waals surface area contributed by atoms with Crippen molar-refractivity contribution in [2.75, 3.05) is 47.0 Å². The zero-order valence-corrected chi connectivity index (χ0v) is 13.2. The van der Waals surface area contributed by atoms with Crippen molar-refractivity contribution in [3.63, 3.8) is 0 Å². The molecule has 1 aromatic rings. The standard InChI is InChI=1S/C16H28N2O2/c1-5-19-12-11-18(4)13-15(17-3)14-9-7-8-10-16(14)20-6-2/h7-10,15,17H,5-6,11-13H2,1-4H3. The summed E-state index contributed by atoms with van der Waals surface area (Å²) in [6.07, 6.45) is 0. The third-order valence-electron chi connectivity index (χ3n) is 3.26. The van der Waals surface area contributed by atoms with Gasteiger partial charge in [0.05, 0.1) is 13.2 Å². The molecule has 1 rings (SSSR count). The zero-order valence-electron chi connectivity index (χ0n) is 13.2. The van der Waals surface area contributed by atoms with Gasteiger partial charge in [0.2, 0.25) is 0 Å². The summed E-state index contributed by atoms with van der Waals surface area (Å²) in [4.78, 5) is 2.28. The van der Waals surface area contributed by atoms with Crippen molar-refractivity contribution in [1.29, 1.82) is 0 Å². The predicted octanol–water partition coefficient (Wildman–Crippen LogP) is 2.31. The van der Waals surface area contributed by atoms with Gasteiger partial charge in [0.25, 0.3) is 0 Å². The molecule has 0 radical (unpaired) electrons. The van der Waals surface area contributed by atoms with Gasteiger partial charge < -0.3 is 19.7 Å². The Morgan fingerprint density at radius 1 is 1.20 bits per heavy atom. The van der Waals surface area contributed by atoms with E-state index in [9.17, 15) is 0 Å². The second kappa shape index (κ2) is 9.75. The number of hydrogen-bond donors (Lipinski definition) is 1. The normalized spacial score (nSPS) is 12.7. The van der Waals surface area contributed by atoms with Crippen molar-refractivity contribution in [2.24, 2.45) is 0 Å². The van der Waals surface area contributed by atoms with Crippen molar-refractivity contribution in [1.82, 2.24) is 10.2 Å². The first kappa shape index (κ1) is 17.0. The monoisotopic (exact) mass is 280 g/mol. The quantitative estimate of drug-likeness (QED) is 0.667. The fraction of sp³-hybridized carbons (Fsp3) is 0.625. The molecule has 0 saturated heterocycles. The molecule has 4 heteroatoms. The number of hydrogen-bond acceptors (Lipinski definition) is 4. The predicted molar refractivity (Wildman–Crippen MR) is 83.4 cm³/mol. The van der Waals surface area contributed by atoms with E-state index in [1.54, 1.807) is 0 Å². The van der Waals surface area contributed by atoms with Crippen LogP contribution in [0.3, 0.4) is 0 Å². The number of ether oxygens (including phenoxy) is 2. The highest BCUT2D eigenvalue weighted by molar-refractivity contribution is 5.36. The van der Waals surface area contributed by atoms with Gasteiger partial charge in [-0.2, -0.15) is 0 Å². The Bertz CT molecular complexity index is 371. The molecule has 0 spiro atoms. The molecular weight excluding hydrogens is 252 g/mol. The summed E-state index contributed by atoms with van der Waals surface area (Å²) >= 11 is 0. The molecule has 0 aliphatic heterocycles. The lowest BCUT2D eigenvalue weighted by molar-refractivity contribution is 0.119. The van der Waals surface area contributed by atoms with Gasteiger partial charge in [-0.15, -0.1) is 0 Å². The van der Waals surface area contributed by atoms with Crippen LogP contribution in [-0.2, 0) is 4.74 Å². The molecule has 1 unspecified atom stereocenters. The van der Waals surface area contributed by atoms with Crippen LogP contribution in [0.15, 0.2) is 24.3 Å². The van der Waals surface area contributed by atoms with Crippen molar-refractivity contribution in [3.05, 3.63) is 29.8 Å². The number of benzene rings is 1. The van der Waals surface area contributed by atoms with Crippen LogP contribution in [0.25, 0.3) is 0 Å². The molecule has 20 heavy (non-hydrogen) atoms. The van der Waals surface area contributed by atoms with E-state index in [-0.39, 0.29) is 6.04 Å². The first-order valence-corrected chi connectivity index (χ1v) is 7.38. The minimum absolute atomic E-state index is 0.254. The van der Waals surface area contributed by atoms with E-state index in [0.29, 0.717) is 6.61 Å². The fourth-order valence-electron chi connectivity index (χ4n) is 2.17. The largest absolute Gasteiger partial charge is 0.494 e. The molecule has 0 saturated carbocycles. The fourth-order valence-corrected chi connectivity index (χ4v) is 2.17. The summed E-state index contributed by atoms with van der Waals surface area (Å²) in [5.74, 6) is 0.965. The minimum atomic E-state index is 0.254. The summed E-state index contributed by atoms with van der Waals surface area (Å²) in [7, 11) is 4.11. The highest BCUT2D eigenvalue weighted by Gasteiger charge is 2.16. The topological polar surface area (TPSA) is 33.7 Å². The van der Waals surface area contributed by atoms with Crippen LogP contribution in [0.1, 0.15) is 25.5 Å². The molecule has 0 aromatic heterocycles. The maximum atomic E-state index is 5.72. The molecule has 1 atom stereocenters. The number of rotatable bonds is 10. The lowest BCUT2D eigenvalue weighted by Gasteiger charge is -2.25. The van der Waals surface area contributed by atoms with Gasteiger partial charge in [-0.1, -0.05) is 18.2 Å². The average Bonchev–Trinajstić information content (AvgIpc) is 2.46. The Kier molecular flexibility index (Phi) is 8.26. The summed E-state index contributed by atoms with van der Waals surface area (Å²) < 4.78 is 11.1. The molecule has 0 amide bonds. The van der Waals surface area contributed by atoms with Crippen molar-refractivity contribution in [2.45, 2.75) is 19.9 Å². The van der Waals surface area contributed by atoms with Gasteiger partial charge in [0.15, 0.2) is 0 Å². The van der Waals surface area contributed by atoms with Gasteiger partial charge in [0.1, 0.15) is 5.75 Å². The smallest absolute Gasteiger partial charge is 0.124 e. The first-order valence-electron chi connectivity index (χ1n) is 7.38. The lowest BCUT2D eigenvalue weighted by Crippen LogP contribution is -2.33. The van der Waals surface area contributed by atoms with Crippen LogP contribution >= 0.6 is 0 Å². The number of nitrogens with zero attached hydrogens (tertiary/aromatic N) is 1. The van der Waals surface area contributed by atoms with Crippen LogP contribution in [0, 0.1) is 0 Å². The van der Waals surface area contributed by atoms with E-state index in [4.69, 9.17) is 9.47 Å². The van der Waals surface area contributed by atoms with Gasteiger partial charge in [-0.05, 0) is 34.0 Å². The number of likely N-dealkylation sites (N-methyl/N-ethyl adjacent to an activating group) is 2. The Labute approximate surface area is 123 Å². The number of para-hydroxylation sites is 1. The van der Waals surface area contributed by atoms with Crippen LogP contribution in [0.4, 0.5) is 0 Å². The van der Waals surface area contributed by atoms with Crippen molar-refractivity contribution >= 4 is 0 Å². The Hall–Kier alpha value is -1.10. The minimum Gasteiger partial charge on any atom is -0.494 e. The highest BCUT2D eigenvalue weighted by Crippen LogP contribution is 2.25. The molecular formula is C16H28N2O2. The molecule has 0 bridgehead atoms. The molecule has 1 aromatic carbocycles. The highest BCUT2D eigenvalue weighted by atomic mass is 16.5. The molecule has 0 fully saturated rings. The summed E-state index contributed by atoms with van der Waals surface area (Å²) in [6.45, 7) is 8.13. The van der Waals surface area contributed by atoms with Gasteiger partial charge >= 0.3 is 0 Å². The van der Waals surface area contributed by atoms with Gasteiger partial charge in [-0.25, -0.2) is 0 Å². The van der Waals surface area contributed by atoms with Crippen LogP contribution < -0.4 is 10.1 Å². The van der Waals surface area contributed by atoms with E-state index in [1.807, 2.05) is 33.0 Å². The third-order valence-corrected chi connectivity index (χ3v) is 3.26. The molecule has 0 heterocycles. The number of nitrogens with one attached hydrogen (secondary N) is 1. The summed E-state index contributed by atoms with van der Waals surface area (Å²) in [5, 5.41) is 3.38. The maximum Gasteiger partial charge on any atom is 0.124 e. The van der Waals surface area contributed by atoms with Crippen LogP contribution in [-0.4, -0.2) is 51.9 Å². The van der Waals surface area contributed by atoms with E-state index in [1.165, 1.54) is 5.56 Å². The third kappa shape index (κ3) is 5.49. The van der Waals surface area contributed by atoms with E-state index in [2.05, 4.69) is 29.4 Å². The van der Waals surface area contributed by atoms with Crippen molar-refractivity contribution < 1.29 is 9.47 Å². The summed E-state index contributed by atoms with van der Waals surface area (Å²) in [6, 6.07) is 8.48. The average molecular weight is 280 g/mol. The summed E-state index contributed by atoms with van der Waals surface area (Å²) in [5.41, 5.74) is 1.21. The second-order valence-corrected chi connectivity index (χ2v) is 4.77. The maximum absolute atomic E-state index is 5.72. The Balaban J connectivity index is 2.65. The Morgan fingerprint density at radius 3 is 2.60 bits per heavy atom. The van der Waals surface area contributed by atoms with E-state index < -0.39 is 0 Å². The van der Waals surface area contributed by atoms with Crippen LogP contribution in [0.5, 0.6) is 5.75 Å².